The van der Waals surface area contributed by atoms with Gasteiger partial charge in [-0.25, -0.2) is 4.39 Å². The molecule has 0 aromatic heterocycles. The number of hydrogen-bond acceptors (Lipinski definition) is 4. The zero-order valence-corrected chi connectivity index (χ0v) is 11.6. The van der Waals surface area contributed by atoms with Crippen LogP contribution in [0.4, 0.5) is 4.39 Å². The molecule has 2 atom stereocenters. The normalized spacial score (nSPS) is 23.6. The third kappa shape index (κ3) is 2.91. The van der Waals surface area contributed by atoms with E-state index in [2.05, 4.69) is 0 Å². The number of primary amides is 1. The molecule has 1 saturated heterocycles. The summed E-state index contributed by atoms with van der Waals surface area (Å²) in [5.41, 5.74) is 5.89. The molecule has 0 spiro atoms. The van der Waals surface area contributed by atoms with E-state index in [0.29, 0.717) is 25.3 Å². The molecule has 1 aromatic rings. The molecule has 1 amide bonds. The summed E-state index contributed by atoms with van der Waals surface area (Å²) in [7, 11) is 1.42. The second-order valence-corrected chi connectivity index (χ2v) is 4.83. The molecule has 110 valence electrons. The number of rotatable bonds is 4. The van der Waals surface area contributed by atoms with Crippen LogP contribution in [0.15, 0.2) is 18.2 Å². The Balaban J connectivity index is 2.21. The van der Waals surface area contributed by atoms with Crippen LogP contribution in [0.2, 0.25) is 0 Å². The number of benzene rings is 1. The van der Waals surface area contributed by atoms with E-state index in [1.54, 1.807) is 25.1 Å². The SMILES string of the molecule is COc1cccc(CN2CCO[C@H](C)[C@H]2C(N)=O)c1F. The van der Waals surface area contributed by atoms with Crippen LogP contribution < -0.4 is 10.5 Å². The fourth-order valence-electron chi connectivity index (χ4n) is 2.53. The lowest BCUT2D eigenvalue weighted by Gasteiger charge is -2.37. The van der Waals surface area contributed by atoms with Crippen molar-refractivity contribution in [1.29, 1.82) is 0 Å². The monoisotopic (exact) mass is 282 g/mol. The molecule has 0 radical (unpaired) electrons. The number of methoxy groups -OCH3 is 1. The van der Waals surface area contributed by atoms with Gasteiger partial charge in [0.2, 0.25) is 5.91 Å². The summed E-state index contributed by atoms with van der Waals surface area (Å²) in [5, 5.41) is 0. The van der Waals surface area contributed by atoms with Gasteiger partial charge in [0.15, 0.2) is 11.6 Å². The third-order valence-corrected chi connectivity index (χ3v) is 3.53. The van der Waals surface area contributed by atoms with Crippen LogP contribution in [0.1, 0.15) is 12.5 Å². The number of halogens is 1. The number of hydrogen-bond donors (Lipinski definition) is 1. The number of nitrogens with two attached hydrogens (primary N) is 1. The van der Waals surface area contributed by atoms with Gasteiger partial charge in [0, 0.05) is 18.7 Å². The maximum absolute atomic E-state index is 14.2. The van der Waals surface area contributed by atoms with Crippen LogP contribution in [0.5, 0.6) is 5.75 Å². The quantitative estimate of drug-likeness (QED) is 0.891. The zero-order valence-electron chi connectivity index (χ0n) is 11.6. The fraction of sp³-hybridized carbons (Fsp3) is 0.500. The maximum atomic E-state index is 14.2. The van der Waals surface area contributed by atoms with E-state index in [9.17, 15) is 9.18 Å². The smallest absolute Gasteiger partial charge is 0.237 e. The lowest BCUT2D eigenvalue weighted by molar-refractivity contribution is -0.136. The van der Waals surface area contributed by atoms with Crippen LogP contribution in [-0.2, 0) is 16.1 Å². The van der Waals surface area contributed by atoms with E-state index in [4.69, 9.17) is 15.2 Å². The van der Waals surface area contributed by atoms with Crippen LogP contribution >= 0.6 is 0 Å². The summed E-state index contributed by atoms with van der Waals surface area (Å²) in [6, 6.07) is 4.41. The minimum atomic E-state index is -0.547. The molecule has 0 bridgehead atoms. The van der Waals surface area contributed by atoms with Gasteiger partial charge in [-0.2, -0.15) is 0 Å². The van der Waals surface area contributed by atoms with Gasteiger partial charge in [-0.3, -0.25) is 9.69 Å². The highest BCUT2D eigenvalue weighted by atomic mass is 19.1. The Morgan fingerprint density at radius 3 is 3.00 bits per heavy atom. The van der Waals surface area contributed by atoms with Crippen molar-refractivity contribution in [1.82, 2.24) is 4.90 Å². The first kappa shape index (κ1) is 14.7. The molecule has 0 saturated carbocycles. The Morgan fingerprint density at radius 1 is 1.60 bits per heavy atom. The molecule has 1 fully saturated rings. The average molecular weight is 282 g/mol. The highest BCUT2D eigenvalue weighted by Crippen LogP contribution is 2.23. The number of carbonyl (C=O) groups is 1. The number of ether oxygens (including phenoxy) is 2. The summed E-state index contributed by atoms with van der Waals surface area (Å²) >= 11 is 0. The lowest BCUT2D eigenvalue weighted by Crippen LogP contribution is -2.56. The number of carbonyl (C=O) groups excluding carboxylic acids is 1. The van der Waals surface area contributed by atoms with Crippen LogP contribution in [-0.4, -0.2) is 43.2 Å². The second kappa shape index (κ2) is 6.19. The van der Waals surface area contributed by atoms with Gasteiger partial charge in [0.1, 0.15) is 6.04 Å². The topological polar surface area (TPSA) is 64.8 Å². The second-order valence-electron chi connectivity index (χ2n) is 4.83. The molecule has 2 rings (SSSR count). The largest absolute Gasteiger partial charge is 0.494 e. The van der Waals surface area contributed by atoms with Crippen molar-refractivity contribution >= 4 is 5.91 Å². The van der Waals surface area contributed by atoms with Gasteiger partial charge >= 0.3 is 0 Å². The summed E-state index contributed by atoms with van der Waals surface area (Å²) < 4.78 is 24.5. The zero-order chi connectivity index (χ0) is 14.7. The minimum absolute atomic E-state index is 0.194. The summed E-state index contributed by atoms with van der Waals surface area (Å²) in [6.07, 6.45) is -0.296. The highest BCUT2D eigenvalue weighted by Gasteiger charge is 2.34. The predicted molar refractivity (Wildman–Crippen MR) is 71.8 cm³/mol. The fourth-order valence-corrected chi connectivity index (χ4v) is 2.53. The van der Waals surface area contributed by atoms with E-state index < -0.39 is 17.8 Å². The average Bonchev–Trinajstić information content (AvgIpc) is 2.41. The van der Waals surface area contributed by atoms with E-state index in [1.807, 2.05) is 4.90 Å². The van der Waals surface area contributed by atoms with Crippen LogP contribution in [0.3, 0.4) is 0 Å². The summed E-state index contributed by atoms with van der Waals surface area (Å²) in [6.45, 7) is 3.12. The van der Waals surface area contributed by atoms with Gasteiger partial charge < -0.3 is 15.2 Å². The summed E-state index contributed by atoms with van der Waals surface area (Å²) in [5.74, 6) is -0.669. The van der Waals surface area contributed by atoms with Crippen LogP contribution in [0, 0.1) is 5.82 Å². The Morgan fingerprint density at radius 2 is 2.35 bits per heavy atom. The highest BCUT2D eigenvalue weighted by molar-refractivity contribution is 5.80. The molecule has 6 heteroatoms. The first-order valence-electron chi connectivity index (χ1n) is 6.51. The van der Waals surface area contributed by atoms with Crippen molar-refractivity contribution in [2.75, 3.05) is 20.3 Å². The van der Waals surface area contributed by atoms with E-state index in [-0.39, 0.29) is 11.9 Å². The van der Waals surface area contributed by atoms with Crippen molar-refractivity contribution in [2.24, 2.45) is 5.73 Å². The number of morpholine rings is 1. The Kier molecular flexibility index (Phi) is 4.57. The standard InChI is InChI=1S/C14H19FN2O3/c1-9-13(14(16)18)17(6-7-20-9)8-10-4-3-5-11(19-2)12(10)15/h3-5,9,13H,6-8H2,1-2H3,(H2,16,18)/t9-,13+/m1/s1. The van der Waals surface area contributed by atoms with Gasteiger partial charge in [0.05, 0.1) is 19.8 Å². The molecule has 20 heavy (non-hydrogen) atoms. The van der Waals surface area contributed by atoms with Crippen molar-refractivity contribution in [3.05, 3.63) is 29.6 Å². The Labute approximate surface area is 117 Å². The number of amides is 1. The van der Waals surface area contributed by atoms with Gasteiger partial charge in [-0.15, -0.1) is 0 Å². The third-order valence-electron chi connectivity index (χ3n) is 3.53. The molecule has 1 aliphatic heterocycles. The van der Waals surface area contributed by atoms with Crippen LogP contribution in [0.25, 0.3) is 0 Å². The molecule has 0 unspecified atom stereocenters. The minimum Gasteiger partial charge on any atom is -0.494 e. The van der Waals surface area contributed by atoms with Crippen molar-refractivity contribution in [3.63, 3.8) is 0 Å². The van der Waals surface area contributed by atoms with Gasteiger partial charge in [-0.05, 0) is 13.0 Å². The van der Waals surface area contributed by atoms with Gasteiger partial charge in [0.25, 0.3) is 0 Å². The molecule has 1 aromatic carbocycles. The molecular weight excluding hydrogens is 263 g/mol. The van der Waals surface area contributed by atoms with Crippen molar-refractivity contribution in [2.45, 2.75) is 25.6 Å². The van der Waals surface area contributed by atoms with Crippen molar-refractivity contribution in [3.8, 4) is 5.75 Å². The van der Waals surface area contributed by atoms with E-state index in [1.165, 1.54) is 7.11 Å². The van der Waals surface area contributed by atoms with E-state index in [0.717, 1.165) is 0 Å². The first-order chi connectivity index (χ1) is 9.54. The first-order valence-corrected chi connectivity index (χ1v) is 6.51. The molecule has 1 heterocycles. The maximum Gasteiger partial charge on any atom is 0.237 e. The van der Waals surface area contributed by atoms with Gasteiger partial charge in [-0.1, -0.05) is 12.1 Å². The summed E-state index contributed by atoms with van der Waals surface area (Å²) in [4.78, 5) is 13.4. The number of nitrogens with zero attached hydrogens (tertiary/aromatic N) is 1. The molecular formula is C14H19FN2O3. The van der Waals surface area contributed by atoms with E-state index >= 15 is 0 Å². The Hall–Kier alpha value is -1.66. The molecule has 5 nitrogen and oxygen atoms in total. The molecule has 0 aliphatic carbocycles. The molecule has 1 aliphatic rings. The Bertz CT molecular complexity index is 495. The van der Waals surface area contributed by atoms with Crippen molar-refractivity contribution < 1.29 is 18.7 Å². The predicted octanol–water partition coefficient (Wildman–Crippen LogP) is 0.909. The molecule has 2 N–H and O–H groups in total. The lowest BCUT2D eigenvalue weighted by atomic mass is 10.1.